The van der Waals surface area contributed by atoms with Crippen molar-refractivity contribution in [3.8, 4) is 0 Å². The van der Waals surface area contributed by atoms with E-state index in [1.54, 1.807) is 0 Å². The van der Waals surface area contributed by atoms with Gasteiger partial charge >= 0.3 is 11.9 Å². The lowest BCUT2D eigenvalue weighted by atomic mass is 10.2. The first-order chi connectivity index (χ1) is 17.1. The van der Waals surface area contributed by atoms with E-state index in [2.05, 4.69) is 13.8 Å². The van der Waals surface area contributed by atoms with E-state index in [1.165, 1.54) is 0 Å². The van der Waals surface area contributed by atoms with Crippen LogP contribution in [0.1, 0.15) is 58.8 Å². The van der Waals surface area contributed by atoms with Gasteiger partial charge < -0.3 is 32.7 Å². The zero-order valence-electron chi connectivity index (χ0n) is 24.7. The van der Waals surface area contributed by atoms with Gasteiger partial charge in [0.25, 0.3) is 0 Å². The maximum Gasteiger partial charge on any atom is 0.335 e. The zero-order chi connectivity index (χ0) is 28.6. The monoisotopic (exact) mass is 570 g/mol. The molecule has 0 heterocycles. The highest BCUT2D eigenvalue weighted by Crippen LogP contribution is 2.33. The van der Waals surface area contributed by atoms with Crippen molar-refractivity contribution >= 4 is 27.5 Å². The van der Waals surface area contributed by atoms with Gasteiger partial charge in [0.05, 0.1) is 77.4 Å². The summed E-state index contributed by atoms with van der Waals surface area (Å²) in [5.41, 5.74) is -0.434. The molecule has 0 saturated heterocycles. The second-order valence-corrected chi connectivity index (χ2v) is 16.7. The molecule has 1 N–H and O–H groups in total. The lowest BCUT2D eigenvalue weighted by Crippen LogP contribution is -2.37. The number of nitrogens with zero attached hydrogens (tertiary/aromatic N) is 2. The first kappa shape index (κ1) is 36.3. The number of unbranched alkanes of at least 4 members (excludes halogenated alkanes) is 2. The van der Waals surface area contributed by atoms with Gasteiger partial charge in [-0.3, -0.25) is 4.79 Å². The van der Waals surface area contributed by atoms with Crippen LogP contribution in [0.15, 0.2) is 0 Å². The first-order valence-corrected chi connectivity index (χ1v) is 17.1. The summed E-state index contributed by atoms with van der Waals surface area (Å²) >= 11 is 0. The summed E-state index contributed by atoms with van der Waals surface area (Å²) in [6.07, 6.45) is 4.11. The number of aliphatic hydroxyl groups excluding tert-OH is 1. The molecule has 0 aromatic carbocycles. The Hall–Kier alpha value is -0.720. The Labute approximate surface area is 227 Å². The van der Waals surface area contributed by atoms with Crippen LogP contribution >= 0.6 is 15.6 Å². The Bertz CT molecular complexity index is 721. The smallest absolute Gasteiger partial charge is 0.335 e. The normalized spacial score (nSPS) is 16.5. The van der Waals surface area contributed by atoms with Crippen LogP contribution in [-0.4, -0.2) is 124 Å². The predicted octanol–water partition coefficient (Wildman–Crippen LogP) is 3.47. The van der Waals surface area contributed by atoms with Crippen LogP contribution in [0.2, 0.25) is 0 Å². The first-order valence-electron chi connectivity index (χ1n) is 13.8. The van der Waals surface area contributed by atoms with Crippen molar-refractivity contribution in [3.63, 3.8) is 0 Å². The third kappa shape index (κ3) is 19.1. The lowest BCUT2D eigenvalue weighted by Gasteiger charge is -2.25. The molecular formula is C26H56N2O7P2+2. The van der Waals surface area contributed by atoms with E-state index < -0.39 is 40.1 Å². The van der Waals surface area contributed by atoms with Gasteiger partial charge in [0, 0.05) is 23.6 Å². The molecule has 0 saturated carbocycles. The van der Waals surface area contributed by atoms with E-state index in [4.69, 9.17) is 9.47 Å². The largest absolute Gasteiger partial charge is 0.465 e. The molecule has 9 nitrogen and oxygen atoms in total. The van der Waals surface area contributed by atoms with Gasteiger partial charge in [-0.15, -0.1) is 0 Å². The second-order valence-electron chi connectivity index (χ2n) is 12.2. The van der Waals surface area contributed by atoms with E-state index in [0.717, 1.165) is 49.7 Å². The number of hydrogen-bond acceptors (Lipinski definition) is 7. The fourth-order valence-corrected chi connectivity index (χ4v) is 7.84. The number of hydrogen-bond donors (Lipinski definition) is 1. The average molecular weight is 571 g/mol. The maximum atomic E-state index is 12.9. The summed E-state index contributed by atoms with van der Waals surface area (Å²) in [5, 5.41) is 10.2. The summed E-state index contributed by atoms with van der Waals surface area (Å²) in [6.45, 7) is 5.66. The Morgan fingerprint density at radius 1 is 0.757 bits per heavy atom. The second kappa shape index (κ2) is 18.5. The minimum atomic E-state index is -1.97. The minimum Gasteiger partial charge on any atom is -0.465 e. The fourth-order valence-electron chi connectivity index (χ4n) is 3.65. The molecule has 0 bridgehead atoms. The highest BCUT2D eigenvalue weighted by atomic mass is 31.1. The molecule has 5 unspecified atom stereocenters. The predicted molar refractivity (Wildman–Crippen MR) is 153 cm³/mol. The van der Waals surface area contributed by atoms with Gasteiger partial charge in [-0.2, -0.15) is 0 Å². The molecule has 0 fully saturated rings. The van der Waals surface area contributed by atoms with Crippen LogP contribution in [0, 0.1) is 0 Å². The Balaban J connectivity index is 4.78. The number of carbonyl (C=O) groups is 2. The third-order valence-electron chi connectivity index (χ3n) is 6.29. The van der Waals surface area contributed by atoms with Gasteiger partial charge in [0.15, 0.2) is 6.10 Å². The summed E-state index contributed by atoms with van der Waals surface area (Å²) in [7, 11) is 8.36. The van der Waals surface area contributed by atoms with E-state index in [0.29, 0.717) is 23.2 Å². The highest BCUT2D eigenvalue weighted by Gasteiger charge is 2.27. The van der Waals surface area contributed by atoms with Gasteiger partial charge in [0.2, 0.25) is 0 Å². The average Bonchev–Trinajstić information content (AvgIpc) is 2.79. The molecule has 5 atom stereocenters. The summed E-state index contributed by atoms with van der Waals surface area (Å²) in [4.78, 5) is 24.7. The van der Waals surface area contributed by atoms with Crippen molar-refractivity contribution in [3.05, 3.63) is 0 Å². The van der Waals surface area contributed by atoms with Crippen LogP contribution in [0.4, 0.5) is 0 Å². The molecule has 0 spiro atoms. The number of carbonyl (C=O) groups excluding carboxylic acids is 2. The molecule has 0 radical (unpaired) electrons. The lowest BCUT2D eigenvalue weighted by molar-refractivity contribution is -0.867. The van der Waals surface area contributed by atoms with Crippen molar-refractivity contribution < 1.29 is 42.3 Å². The van der Waals surface area contributed by atoms with Crippen molar-refractivity contribution in [1.82, 2.24) is 0 Å². The SMILES string of the molecule is CCCCC(COC(=O)CC(O)C(=O)OCC(CCCC)[PH](=O)CC[N+](C)(C)C)[PH](=O)CC[N+](C)(C)C. The molecule has 0 rings (SSSR count). The number of quaternary nitrogens is 2. The van der Waals surface area contributed by atoms with Crippen molar-refractivity contribution in [2.45, 2.75) is 76.2 Å². The Morgan fingerprint density at radius 2 is 1.16 bits per heavy atom. The zero-order valence-corrected chi connectivity index (χ0v) is 26.7. The Morgan fingerprint density at radius 3 is 1.54 bits per heavy atom. The molecule has 0 amide bonds. The topological polar surface area (TPSA) is 107 Å². The van der Waals surface area contributed by atoms with Gasteiger partial charge in [-0.05, 0) is 12.8 Å². The van der Waals surface area contributed by atoms with Gasteiger partial charge in [-0.1, -0.05) is 39.5 Å². The van der Waals surface area contributed by atoms with Crippen LogP contribution in [0.25, 0.3) is 0 Å². The standard InChI is InChI=1S/C26H56N2O7P2/c1-9-11-13-22(36(32)17-15-27(3,4)5)20-34-25(30)19-24(29)26(31)35-21-23(14-12-10-2)37(33)18-16-28(6,7)8/h22-24,29,36-37H,9-21H2,1-8H3/q+2. The minimum absolute atomic E-state index is 0.0206. The summed E-state index contributed by atoms with van der Waals surface area (Å²) < 4.78 is 37.7. The summed E-state index contributed by atoms with van der Waals surface area (Å²) in [5.74, 6) is -1.62. The van der Waals surface area contributed by atoms with Crippen molar-refractivity contribution in [2.75, 3.05) is 80.9 Å². The molecule has 37 heavy (non-hydrogen) atoms. The quantitative estimate of drug-likeness (QED) is 0.128. The van der Waals surface area contributed by atoms with Gasteiger partial charge in [-0.25, -0.2) is 4.79 Å². The summed E-state index contributed by atoms with van der Waals surface area (Å²) in [6, 6.07) is 0. The molecular weight excluding hydrogens is 514 g/mol. The van der Waals surface area contributed by atoms with Crippen molar-refractivity contribution in [1.29, 1.82) is 0 Å². The number of esters is 2. The van der Waals surface area contributed by atoms with Crippen LogP contribution < -0.4 is 0 Å². The number of rotatable bonds is 21. The van der Waals surface area contributed by atoms with E-state index in [9.17, 15) is 23.8 Å². The number of ether oxygens (including phenoxy) is 2. The highest BCUT2D eigenvalue weighted by molar-refractivity contribution is 7.45. The molecule has 0 aliphatic carbocycles. The molecule has 0 aromatic heterocycles. The van der Waals surface area contributed by atoms with Crippen molar-refractivity contribution in [2.24, 2.45) is 0 Å². The van der Waals surface area contributed by atoms with Crippen LogP contribution in [-0.2, 0) is 28.2 Å². The maximum absolute atomic E-state index is 12.9. The molecule has 0 aromatic rings. The fraction of sp³-hybridized carbons (Fsp3) is 0.923. The third-order valence-corrected chi connectivity index (χ3v) is 10.5. The van der Waals surface area contributed by atoms with E-state index in [1.807, 2.05) is 42.3 Å². The van der Waals surface area contributed by atoms with Gasteiger partial charge in [0.1, 0.15) is 13.2 Å². The molecule has 0 aliphatic rings. The molecule has 0 aliphatic heterocycles. The van der Waals surface area contributed by atoms with Crippen LogP contribution in [0.5, 0.6) is 0 Å². The molecule has 220 valence electrons. The number of aliphatic hydroxyl groups is 1. The molecule has 11 heteroatoms. The van der Waals surface area contributed by atoms with E-state index in [-0.39, 0.29) is 24.5 Å². The Kier molecular flexibility index (Phi) is 18.2. The van der Waals surface area contributed by atoms with E-state index >= 15 is 0 Å². The van der Waals surface area contributed by atoms with Crippen LogP contribution in [0.3, 0.4) is 0 Å².